The molecule has 4 rings (SSSR count). The summed E-state index contributed by atoms with van der Waals surface area (Å²) in [6, 6.07) is 27.2. The maximum atomic E-state index is 13.2. The molecule has 6 heteroatoms. The van der Waals surface area contributed by atoms with Crippen LogP contribution >= 0.6 is 11.8 Å². The number of hydrogen-bond acceptors (Lipinski definition) is 5. The molecule has 1 aliphatic rings. The van der Waals surface area contributed by atoms with Crippen molar-refractivity contribution in [2.75, 3.05) is 6.61 Å². The van der Waals surface area contributed by atoms with Gasteiger partial charge in [0.15, 0.2) is 9.91 Å². The minimum Gasteiger partial charge on any atom is -0.494 e. The van der Waals surface area contributed by atoms with Crippen LogP contribution in [0.3, 0.4) is 0 Å². The van der Waals surface area contributed by atoms with E-state index in [0.29, 0.717) is 5.17 Å². The molecule has 0 saturated carbocycles. The van der Waals surface area contributed by atoms with Crippen molar-refractivity contribution in [3.8, 4) is 5.75 Å². The van der Waals surface area contributed by atoms with Gasteiger partial charge in [0.25, 0.3) is 5.91 Å². The van der Waals surface area contributed by atoms with Crippen LogP contribution in [0.25, 0.3) is 0 Å². The van der Waals surface area contributed by atoms with Gasteiger partial charge in [0.2, 0.25) is 0 Å². The third-order valence-corrected chi connectivity index (χ3v) is 6.49. The molecular formula is C26H25N3O2S. The Balaban J connectivity index is 1.53. The van der Waals surface area contributed by atoms with Crippen LogP contribution in [0.5, 0.6) is 5.75 Å². The Kier molecular flexibility index (Phi) is 7.02. The smallest absolute Gasteiger partial charge is 0.251 e. The lowest BCUT2D eigenvalue weighted by Crippen LogP contribution is -2.35. The first-order chi connectivity index (χ1) is 15.7. The van der Waals surface area contributed by atoms with E-state index in [2.05, 4.69) is 22.4 Å². The fraction of sp³-hybridized carbons (Fsp3) is 0.192. The summed E-state index contributed by atoms with van der Waals surface area (Å²) in [4.78, 5) is 13.2. The zero-order valence-electron chi connectivity index (χ0n) is 17.9. The highest BCUT2D eigenvalue weighted by Gasteiger charge is 2.49. The van der Waals surface area contributed by atoms with Gasteiger partial charge in [-0.2, -0.15) is 5.10 Å². The van der Waals surface area contributed by atoms with E-state index in [9.17, 15) is 4.79 Å². The van der Waals surface area contributed by atoms with Gasteiger partial charge in [0.1, 0.15) is 5.75 Å². The van der Waals surface area contributed by atoms with Gasteiger partial charge in [0.05, 0.1) is 12.8 Å². The molecule has 162 valence electrons. The van der Waals surface area contributed by atoms with E-state index in [4.69, 9.17) is 4.74 Å². The number of ether oxygens (including phenoxy) is 1. The molecule has 1 aliphatic heterocycles. The van der Waals surface area contributed by atoms with Crippen molar-refractivity contribution in [1.29, 1.82) is 0 Å². The summed E-state index contributed by atoms with van der Waals surface area (Å²) < 4.78 is 4.79. The predicted octanol–water partition coefficient (Wildman–Crippen LogP) is 5.36. The zero-order chi connectivity index (χ0) is 22.2. The summed E-state index contributed by atoms with van der Waals surface area (Å²) in [6.45, 7) is 2.86. The number of carbonyl (C=O) groups excluding carboxylic acids is 1. The van der Waals surface area contributed by atoms with Gasteiger partial charge in [-0.1, -0.05) is 85.8 Å². The molecule has 1 amide bonds. The number of benzene rings is 3. The third kappa shape index (κ3) is 4.75. The number of nitrogens with zero attached hydrogens (tertiary/aromatic N) is 2. The lowest BCUT2D eigenvalue weighted by Gasteiger charge is -2.25. The molecule has 0 atom stereocenters. The highest BCUT2D eigenvalue weighted by atomic mass is 32.2. The first-order valence-corrected chi connectivity index (χ1v) is 11.5. The molecule has 3 aromatic carbocycles. The SMILES string of the molecule is CCCCOc1ccc(C=NN=C2NC(=O)C(c3ccccc3)(c3ccccc3)S2)cc1. The Hall–Kier alpha value is -3.38. The van der Waals surface area contributed by atoms with Crippen LogP contribution in [0.1, 0.15) is 36.5 Å². The van der Waals surface area contributed by atoms with Crippen LogP contribution in [-0.4, -0.2) is 23.9 Å². The Morgan fingerprint density at radius 1 is 0.938 bits per heavy atom. The van der Waals surface area contributed by atoms with Gasteiger partial charge >= 0.3 is 0 Å². The first kappa shape index (κ1) is 21.8. The van der Waals surface area contributed by atoms with E-state index in [1.807, 2.05) is 84.9 Å². The third-order valence-electron chi connectivity index (χ3n) is 5.15. The van der Waals surface area contributed by atoms with Gasteiger partial charge < -0.3 is 10.1 Å². The zero-order valence-corrected chi connectivity index (χ0v) is 18.7. The fourth-order valence-electron chi connectivity index (χ4n) is 3.47. The number of thioether (sulfide) groups is 1. The normalized spacial score (nSPS) is 16.4. The van der Waals surface area contributed by atoms with Gasteiger partial charge in [-0.25, -0.2) is 0 Å². The van der Waals surface area contributed by atoms with E-state index in [0.717, 1.165) is 41.9 Å². The number of amides is 1. The van der Waals surface area contributed by atoms with Crippen LogP contribution in [0.4, 0.5) is 0 Å². The van der Waals surface area contributed by atoms with Gasteiger partial charge in [-0.15, -0.1) is 5.10 Å². The van der Waals surface area contributed by atoms with E-state index in [1.165, 1.54) is 11.8 Å². The van der Waals surface area contributed by atoms with Crippen molar-refractivity contribution in [1.82, 2.24) is 5.32 Å². The van der Waals surface area contributed by atoms with Crippen molar-refractivity contribution in [2.45, 2.75) is 24.5 Å². The van der Waals surface area contributed by atoms with Crippen LogP contribution in [-0.2, 0) is 9.54 Å². The quantitative estimate of drug-likeness (QED) is 0.289. The fourth-order valence-corrected chi connectivity index (χ4v) is 4.65. The molecule has 0 bridgehead atoms. The Morgan fingerprint density at radius 2 is 1.56 bits per heavy atom. The summed E-state index contributed by atoms with van der Waals surface area (Å²) in [6.07, 6.45) is 3.81. The summed E-state index contributed by atoms with van der Waals surface area (Å²) in [5.41, 5.74) is 2.71. The summed E-state index contributed by atoms with van der Waals surface area (Å²) >= 11 is 1.38. The maximum Gasteiger partial charge on any atom is 0.251 e. The number of rotatable bonds is 8. The Labute approximate surface area is 192 Å². The van der Waals surface area contributed by atoms with Gasteiger partial charge in [-0.05, 0) is 47.4 Å². The number of amidine groups is 1. The van der Waals surface area contributed by atoms with Crippen molar-refractivity contribution >= 4 is 29.1 Å². The van der Waals surface area contributed by atoms with Gasteiger partial charge in [-0.3, -0.25) is 4.79 Å². The Bertz CT molecular complexity index is 1060. The van der Waals surface area contributed by atoms with Crippen LogP contribution in [0, 0.1) is 0 Å². The lowest BCUT2D eigenvalue weighted by atomic mass is 9.89. The molecule has 5 nitrogen and oxygen atoms in total. The monoisotopic (exact) mass is 443 g/mol. The highest BCUT2D eigenvalue weighted by Crippen LogP contribution is 2.46. The molecule has 0 aromatic heterocycles. The van der Waals surface area contributed by atoms with Crippen molar-refractivity contribution in [3.05, 3.63) is 102 Å². The molecular weight excluding hydrogens is 418 g/mol. The molecule has 0 aliphatic carbocycles. The largest absolute Gasteiger partial charge is 0.494 e. The van der Waals surface area contributed by atoms with Crippen molar-refractivity contribution < 1.29 is 9.53 Å². The first-order valence-electron chi connectivity index (χ1n) is 10.7. The number of hydrogen-bond donors (Lipinski definition) is 1. The molecule has 1 N–H and O–H groups in total. The second-order valence-corrected chi connectivity index (χ2v) is 8.59. The van der Waals surface area contributed by atoms with Crippen LogP contribution < -0.4 is 10.1 Å². The van der Waals surface area contributed by atoms with E-state index < -0.39 is 4.75 Å². The average molecular weight is 444 g/mol. The van der Waals surface area contributed by atoms with Gasteiger partial charge in [0, 0.05) is 0 Å². The molecule has 3 aromatic rings. The molecule has 32 heavy (non-hydrogen) atoms. The predicted molar refractivity (Wildman–Crippen MR) is 131 cm³/mol. The van der Waals surface area contributed by atoms with Crippen molar-refractivity contribution in [3.63, 3.8) is 0 Å². The number of carbonyl (C=O) groups is 1. The maximum absolute atomic E-state index is 13.2. The average Bonchev–Trinajstić information content (AvgIpc) is 3.18. The molecule has 1 fully saturated rings. The summed E-state index contributed by atoms with van der Waals surface area (Å²) in [7, 11) is 0. The standard InChI is InChI=1S/C26H25N3O2S/c1-2-3-18-31-23-16-14-20(15-17-23)19-27-29-25-28-24(30)26(32-25,21-10-6-4-7-11-21)22-12-8-5-9-13-22/h4-17,19H,2-3,18H2,1H3,(H,28,29,30). The molecule has 0 radical (unpaired) electrons. The van der Waals surface area contributed by atoms with E-state index >= 15 is 0 Å². The summed E-state index contributed by atoms with van der Waals surface area (Å²) in [5.74, 6) is 0.721. The van der Waals surface area contributed by atoms with Crippen molar-refractivity contribution in [2.24, 2.45) is 10.2 Å². The summed E-state index contributed by atoms with van der Waals surface area (Å²) in [5, 5.41) is 11.9. The highest BCUT2D eigenvalue weighted by molar-refractivity contribution is 8.16. The lowest BCUT2D eigenvalue weighted by molar-refractivity contribution is -0.120. The minimum absolute atomic E-state index is 0.123. The number of nitrogens with one attached hydrogen (secondary N) is 1. The van der Waals surface area contributed by atoms with E-state index in [-0.39, 0.29) is 5.91 Å². The molecule has 1 heterocycles. The number of unbranched alkanes of at least 4 members (excludes halogenated alkanes) is 1. The molecule has 0 spiro atoms. The second kappa shape index (κ2) is 10.3. The van der Waals surface area contributed by atoms with E-state index in [1.54, 1.807) is 6.21 Å². The second-order valence-electron chi connectivity index (χ2n) is 7.39. The topological polar surface area (TPSA) is 63.1 Å². The minimum atomic E-state index is -0.894. The Morgan fingerprint density at radius 3 is 2.16 bits per heavy atom. The van der Waals surface area contributed by atoms with Crippen LogP contribution in [0.2, 0.25) is 0 Å². The van der Waals surface area contributed by atoms with Crippen LogP contribution in [0.15, 0.2) is 95.1 Å². The molecule has 1 saturated heterocycles. The molecule has 0 unspecified atom stereocenters.